The molecule has 0 fully saturated rings. The molecule has 1 rings (SSSR count). The van der Waals surface area contributed by atoms with E-state index in [-0.39, 0.29) is 11.9 Å². The molecular weight excluding hydrogens is 192 g/mol. The van der Waals surface area contributed by atoms with Crippen molar-refractivity contribution in [2.24, 2.45) is 12.8 Å². The topological polar surface area (TPSA) is 72.9 Å². The molecule has 1 aromatic heterocycles. The van der Waals surface area contributed by atoms with Gasteiger partial charge in [0.05, 0.1) is 5.69 Å². The third-order valence-electron chi connectivity index (χ3n) is 2.10. The van der Waals surface area contributed by atoms with Crippen molar-refractivity contribution >= 4 is 11.7 Å². The second-order valence-electron chi connectivity index (χ2n) is 3.86. The molecule has 1 unspecified atom stereocenters. The highest BCUT2D eigenvalue weighted by atomic mass is 16.1. The second kappa shape index (κ2) is 4.93. The van der Waals surface area contributed by atoms with Crippen LogP contribution in [0, 0.1) is 6.92 Å². The molecule has 5 nitrogen and oxygen atoms in total. The number of aryl methyl sites for hydroxylation is 2. The Morgan fingerprint density at radius 3 is 2.87 bits per heavy atom. The highest BCUT2D eigenvalue weighted by molar-refractivity contribution is 5.89. The average molecular weight is 210 g/mol. The van der Waals surface area contributed by atoms with Gasteiger partial charge in [-0.15, -0.1) is 0 Å². The van der Waals surface area contributed by atoms with Crippen molar-refractivity contribution in [3.05, 3.63) is 11.8 Å². The maximum Gasteiger partial charge on any atom is 0.225 e. The minimum Gasteiger partial charge on any atom is -0.328 e. The van der Waals surface area contributed by atoms with Crippen LogP contribution in [-0.2, 0) is 11.8 Å². The van der Waals surface area contributed by atoms with Crippen molar-refractivity contribution in [2.45, 2.75) is 32.7 Å². The molecule has 84 valence electrons. The van der Waals surface area contributed by atoms with Gasteiger partial charge in [-0.3, -0.25) is 9.48 Å². The summed E-state index contributed by atoms with van der Waals surface area (Å²) in [5.41, 5.74) is 6.46. The number of carbonyl (C=O) groups excluding carboxylic acids is 1. The number of aromatic nitrogens is 2. The van der Waals surface area contributed by atoms with Gasteiger partial charge in [-0.05, 0) is 20.3 Å². The first-order chi connectivity index (χ1) is 6.99. The molecule has 0 aliphatic rings. The van der Waals surface area contributed by atoms with Crippen molar-refractivity contribution in [2.75, 3.05) is 5.32 Å². The summed E-state index contributed by atoms with van der Waals surface area (Å²) in [6.45, 7) is 3.78. The summed E-state index contributed by atoms with van der Waals surface area (Å²) < 4.78 is 1.65. The van der Waals surface area contributed by atoms with Crippen LogP contribution < -0.4 is 11.1 Å². The van der Waals surface area contributed by atoms with Gasteiger partial charge in [-0.25, -0.2) is 0 Å². The molecule has 0 aromatic carbocycles. The Labute approximate surface area is 89.6 Å². The standard InChI is InChI=1S/C10H18N4O/c1-7(11)4-5-10(15)12-9-6-8(2)13-14(9)3/h6-7H,4-5,11H2,1-3H3,(H,12,15). The molecule has 3 N–H and O–H groups in total. The van der Waals surface area contributed by atoms with E-state index >= 15 is 0 Å². The first kappa shape index (κ1) is 11.7. The summed E-state index contributed by atoms with van der Waals surface area (Å²) >= 11 is 0. The lowest BCUT2D eigenvalue weighted by Crippen LogP contribution is -2.20. The van der Waals surface area contributed by atoms with Gasteiger partial charge in [0, 0.05) is 25.6 Å². The summed E-state index contributed by atoms with van der Waals surface area (Å²) in [6, 6.07) is 1.90. The molecule has 0 aliphatic carbocycles. The van der Waals surface area contributed by atoms with Crippen molar-refractivity contribution in [3.63, 3.8) is 0 Å². The molecule has 0 bridgehead atoms. The SMILES string of the molecule is Cc1cc(NC(=O)CCC(C)N)n(C)n1. The predicted molar refractivity (Wildman–Crippen MR) is 59.5 cm³/mol. The number of anilines is 1. The lowest BCUT2D eigenvalue weighted by molar-refractivity contribution is -0.116. The summed E-state index contributed by atoms with van der Waals surface area (Å²) in [4.78, 5) is 11.5. The van der Waals surface area contributed by atoms with Crippen LogP contribution in [0.2, 0.25) is 0 Å². The molecule has 0 saturated heterocycles. The number of hydrogen-bond acceptors (Lipinski definition) is 3. The maximum atomic E-state index is 11.5. The molecular formula is C10H18N4O. The van der Waals surface area contributed by atoms with Gasteiger partial charge in [-0.1, -0.05) is 0 Å². The third-order valence-corrected chi connectivity index (χ3v) is 2.10. The molecule has 15 heavy (non-hydrogen) atoms. The number of nitrogens with zero attached hydrogens (tertiary/aromatic N) is 2. The first-order valence-electron chi connectivity index (χ1n) is 5.05. The van der Waals surface area contributed by atoms with Crippen molar-refractivity contribution in [1.29, 1.82) is 0 Å². The zero-order valence-electron chi connectivity index (χ0n) is 9.45. The van der Waals surface area contributed by atoms with E-state index in [0.29, 0.717) is 12.8 Å². The van der Waals surface area contributed by atoms with Crippen LogP contribution in [0.15, 0.2) is 6.07 Å². The lowest BCUT2D eigenvalue weighted by atomic mass is 10.2. The van der Waals surface area contributed by atoms with Crippen LogP contribution in [0.5, 0.6) is 0 Å². The Bertz CT molecular complexity index is 343. The number of rotatable bonds is 4. The van der Waals surface area contributed by atoms with Crippen LogP contribution in [-0.4, -0.2) is 21.7 Å². The Hall–Kier alpha value is -1.36. The van der Waals surface area contributed by atoms with Crippen LogP contribution in [0.3, 0.4) is 0 Å². The van der Waals surface area contributed by atoms with E-state index in [2.05, 4.69) is 10.4 Å². The average Bonchev–Trinajstić information content (AvgIpc) is 2.42. The molecule has 5 heteroatoms. The normalized spacial score (nSPS) is 12.5. The van der Waals surface area contributed by atoms with Gasteiger partial charge in [0.1, 0.15) is 5.82 Å². The Morgan fingerprint density at radius 2 is 2.40 bits per heavy atom. The van der Waals surface area contributed by atoms with E-state index < -0.39 is 0 Å². The Morgan fingerprint density at radius 1 is 1.73 bits per heavy atom. The predicted octanol–water partition coefficient (Wildman–Crippen LogP) is 0.794. The summed E-state index contributed by atoms with van der Waals surface area (Å²) in [6.07, 6.45) is 1.14. The highest BCUT2D eigenvalue weighted by Gasteiger charge is 2.07. The second-order valence-corrected chi connectivity index (χ2v) is 3.86. The summed E-state index contributed by atoms with van der Waals surface area (Å²) in [7, 11) is 1.80. The van der Waals surface area contributed by atoms with Gasteiger partial charge in [0.25, 0.3) is 0 Å². The van der Waals surface area contributed by atoms with E-state index in [4.69, 9.17) is 5.73 Å². The molecule has 1 amide bonds. The Kier molecular flexibility index (Phi) is 3.85. The van der Waals surface area contributed by atoms with Crippen LogP contribution in [0.25, 0.3) is 0 Å². The third kappa shape index (κ3) is 3.71. The van der Waals surface area contributed by atoms with Crippen LogP contribution in [0.1, 0.15) is 25.5 Å². The zero-order chi connectivity index (χ0) is 11.4. The summed E-state index contributed by atoms with van der Waals surface area (Å²) in [5, 5.41) is 6.93. The van der Waals surface area contributed by atoms with E-state index in [9.17, 15) is 4.79 Å². The molecule has 1 aromatic rings. The fourth-order valence-corrected chi connectivity index (χ4v) is 1.29. The highest BCUT2D eigenvalue weighted by Crippen LogP contribution is 2.08. The van der Waals surface area contributed by atoms with Gasteiger partial charge in [0.15, 0.2) is 0 Å². The molecule has 0 spiro atoms. The minimum atomic E-state index is -0.0182. The van der Waals surface area contributed by atoms with E-state index in [1.165, 1.54) is 0 Å². The van der Waals surface area contributed by atoms with Gasteiger partial charge in [0.2, 0.25) is 5.91 Å². The van der Waals surface area contributed by atoms with Crippen LogP contribution in [0.4, 0.5) is 5.82 Å². The lowest BCUT2D eigenvalue weighted by Gasteiger charge is -2.06. The maximum absolute atomic E-state index is 11.5. The van der Waals surface area contributed by atoms with Gasteiger partial charge in [-0.2, -0.15) is 5.10 Å². The van der Waals surface area contributed by atoms with Crippen molar-refractivity contribution in [1.82, 2.24) is 9.78 Å². The zero-order valence-corrected chi connectivity index (χ0v) is 9.45. The molecule has 0 aliphatic heterocycles. The number of nitrogens with two attached hydrogens (primary N) is 1. The van der Waals surface area contributed by atoms with E-state index in [1.54, 1.807) is 11.7 Å². The molecule has 0 saturated carbocycles. The number of nitrogens with one attached hydrogen (secondary N) is 1. The first-order valence-corrected chi connectivity index (χ1v) is 5.05. The van der Waals surface area contributed by atoms with E-state index in [1.807, 2.05) is 19.9 Å². The smallest absolute Gasteiger partial charge is 0.225 e. The fourth-order valence-electron chi connectivity index (χ4n) is 1.29. The number of carbonyl (C=O) groups is 1. The van der Waals surface area contributed by atoms with E-state index in [0.717, 1.165) is 11.5 Å². The minimum absolute atomic E-state index is 0.0182. The molecule has 1 heterocycles. The van der Waals surface area contributed by atoms with Gasteiger partial charge < -0.3 is 11.1 Å². The quantitative estimate of drug-likeness (QED) is 0.771. The summed E-state index contributed by atoms with van der Waals surface area (Å²) in [5.74, 6) is 0.706. The fraction of sp³-hybridized carbons (Fsp3) is 0.600. The largest absolute Gasteiger partial charge is 0.328 e. The Balaban J connectivity index is 2.48. The van der Waals surface area contributed by atoms with Crippen molar-refractivity contribution in [3.8, 4) is 0 Å². The van der Waals surface area contributed by atoms with Crippen LogP contribution >= 0.6 is 0 Å². The number of amides is 1. The number of hydrogen-bond donors (Lipinski definition) is 2. The van der Waals surface area contributed by atoms with Crippen molar-refractivity contribution < 1.29 is 4.79 Å². The monoisotopic (exact) mass is 210 g/mol. The molecule has 0 radical (unpaired) electrons. The van der Waals surface area contributed by atoms with Gasteiger partial charge >= 0.3 is 0 Å². The molecule has 1 atom stereocenters.